The first-order valence-electron chi connectivity index (χ1n) is 9.30. The van der Waals surface area contributed by atoms with E-state index in [9.17, 15) is 9.59 Å². The molecule has 5 rings (SSSR count). The van der Waals surface area contributed by atoms with E-state index in [4.69, 9.17) is 0 Å². The smallest absolute Gasteiger partial charge is 0.256 e. The SMILES string of the molecule is O=C(Nc1ccc2c(-c3ccc4c(c3)CCNC4=O)c[nH]c2n1)c1ccncc1. The van der Waals surface area contributed by atoms with Crippen molar-refractivity contribution in [2.75, 3.05) is 11.9 Å². The summed E-state index contributed by atoms with van der Waals surface area (Å²) in [5, 5.41) is 6.62. The van der Waals surface area contributed by atoms with E-state index in [0.29, 0.717) is 23.6 Å². The van der Waals surface area contributed by atoms with Crippen molar-refractivity contribution >= 4 is 28.7 Å². The number of pyridine rings is 2. The van der Waals surface area contributed by atoms with Crippen LogP contribution >= 0.6 is 0 Å². The minimum Gasteiger partial charge on any atom is -0.352 e. The number of hydrogen-bond donors (Lipinski definition) is 3. The summed E-state index contributed by atoms with van der Waals surface area (Å²) in [6.07, 6.45) is 5.87. The number of anilines is 1. The number of H-pyrrole nitrogens is 1. The van der Waals surface area contributed by atoms with Crippen LogP contribution in [0.2, 0.25) is 0 Å². The topological polar surface area (TPSA) is 99.8 Å². The van der Waals surface area contributed by atoms with E-state index < -0.39 is 0 Å². The standard InChI is InChI=1S/C22H17N5O2/c28-21(13-5-8-23-9-6-13)27-19-4-3-17-18(12-25-20(17)26-19)14-1-2-16-15(11-14)7-10-24-22(16)29/h1-6,8-9,11-12H,7,10H2,(H,24,29)(H2,25,26,27,28). The Labute approximate surface area is 166 Å². The van der Waals surface area contributed by atoms with Crippen molar-refractivity contribution in [1.29, 1.82) is 0 Å². The normalized spacial score (nSPS) is 13.0. The monoisotopic (exact) mass is 383 g/mol. The Kier molecular flexibility index (Phi) is 4.05. The van der Waals surface area contributed by atoms with Gasteiger partial charge in [-0.3, -0.25) is 14.6 Å². The van der Waals surface area contributed by atoms with Crippen LogP contribution < -0.4 is 10.6 Å². The summed E-state index contributed by atoms with van der Waals surface area (Å²) in [4.78, 5) is 35.9. The number of benzene rings is 1. The van der Waals surface area contributed by atoms with Gasteiger partial charge in [-0.25, -0.2) is 4.98 Å². The maximum absolute atomic E-state index is 12.3. The first kappa shape index (κ1) is 17.1. The van der Waals surface area contributed by atoms with Gasteiger partial charge in [-0.15, -0.1) is 0 Å². The van der Waals surface area contributed by atoms with Crippen LogP contribution in [0.1, 0.15) is 26.3 Å². The second-order valence-corrected chi connectivity index (χ2v) is 6.86. The maximum Gasteiger partial charge on any atom is 0.256 e. The molecule has 0 spiro atoms. The fourth-order valence-electron chi connectivity index (χ4n) is 3.60. The molecule has 3 N–H and O–H groups in total. The van der Waals surface area contributed by atoms with Gasteiger partial charge in [-0.1, -0.05) is 12.1 Å². The number of carbonyl (C=O) groups is 2. The first-order valence-corrected chi connectivity index (χ1v) is 9.30. The Morgan fingerprint density at radius 3 is 2.76 bits per heavy atom. The molecule has 0 bridgehead atoms. The molecule has 1 aliphatic heterocycles. The number of nitrogens with one attached hydrogen (secondary N) is 3. The van der Waals surface area contributed by atoms with Crippen molar-refractivity contribution < 1.29 is 9.59 Å². The van der Waals surface area contributed by atoms with Crippen molar-refractivity contribution in [2.45, 2.75) is 6.42 Å². The Hall–Kier alpha value is -4.00. The molecule has 1 aliphatic rings. The summed E-state index contributed by atoms with van der Waals surface area (Å²) in [6, 6.07) is 12.9. The Morgan fingerprint density at radius 2 is 1.90 bits per heavy atom. The minimum absolute atomic E-state index is 0.0204. The minimum atomic E-state index is -0.237. The number of fused-ring (bicyclic) bond motifs is 2. The van der Waals surface area contributed by atoms with Crippen LogP contribution in [-0.4, -0.2) is 33.3 Å². The van der Waals surface area contributed by atoms with Crippen molar-refractivity contribution in [2.24, 2.45) is 0 Å². The highest BCUT2D eigenvalue weighted by Gasteiger charge is 2.18. The van der Waals surface area contributed by atoms with Gasteiger partial charge in [0.15, 0.2) is 0 Å². The van der Waals surface area contributed by atoms with Crippen molar-refractivity contribution in [3.63, 3.8) is 0 Å². The van der Waals surface area contributed by atoms with Crippen LogP contribution in [0.4, 0.5) is 5.82 Å². The van der Waals surface area contributed by atoms with Crippen LogP contribution in [0.5, 0.6) is 0 Å². The second-order valence-electron chi connectivity index (χ2n) is 6.86. The van der Waals surface area contributed by atoms with E-state index >= 15 is 0 Å². The lowest BCUT2D eigenvalue weighted by molar-refractivity contribution is 0.0945. The van der Waals surface area contributed by atoms with Crippen molar-refractivity contribution in [1.82, 2.24) is 20.3 Å². The average Bonchev–Trinajstić information content (AvgIpc) is 3.17. The number of hydrogen-bond acceptors (Lipinski definition) is 4. The molecule has 2 amide bonds. The Morgan fingerprint density at radius 1 is 1.03 bits per heavy atom. The van der Waals surface area contributed by atoms with Crippen molar-refractivity contribution in [3.05, 3.63) is 77.7 Å². The van der Waals surface area contributed by atoms with Crippen molar-refractivity contribution in [3.8, 4) is 11.1 Å². The molecule has 7 nitrogen and oxygen atoms in total. The number of rotatable bonds is 3. The molecule has 0 saturated carbocycles. The zero-order valence-electron chi connectivity index (χ0n) is 15.4. The zero-order chi connectivity index (χ0) is 19.8. The first-order chi connectivity index (χ1) is 14.2. The fourth-order valence-corrected chi connectivity index (χ4v) is 3.60. The van der Waals surface area contributed by atoms with Gasteiger partial charge in [0.25, 0.3) is 11.8 Å². The summed E-state index contributed by atoms with van der Waals surface area (Å²) in [7, 11) is 0. The molecule has 1 aromatic carbocycles. The maximum atomic E-state index is 12.3. The van der Waals surface area contributed by atoms with E-state index in [-0.39, 0.29) is 11.8 Å². The fraction of sp³-hybridized carbons (Fsp3) is 0.0909. The predicted octanol–water partition coefficient (Wildman–Crippen LogP) is 3.16. The lowest BCUT2D eigenvalue weighted by Crippen LogP contribution is -2.31. The predicted molar refractivity (Wildman–Crippen MR) is 110 cm³/mol. The van der Waals surface area contributed by atoms with Crippen LogP contribution in [0.25, 0.3) is 22.2 Å². The van der Waals surface area contributed by atoms with Crippen LogP contribution in [-0.2, 0) is 6.42 Å². The van der Waals surface area contributed by atoms with Gasteiger partial charge in [0.05, 0.1) is 0 Å². The van der Waals surface area contributed by atoms with Gasteiger partial charge in [0.2, 0.25) is 0 Å². The lowest BCUT2D eigenvalue weighted by atomic mass is 9.95. The van der Waals surface area contributed by atoms with Gasteiger partial charge in [0.1, 0.15) is 11.5 Å². The summed E-state index contributed by atoms with van der Waals surface area (Å²) >= 11 is 0. The van der Waals surface area contributed by atoms with E-state index in [1.54, 1.807) is 30.6 Å². The van der Waals surface area contributed by atoms with Gasteiger partial charge in [0, 0.05) is 47.2 Å². The molecule has 3 aromatic heterocycles. The molecule has 0 radical (unpaired) electrons. The number of carbonyl (C=O) groups excluding carboxylic acids is 2. The number of amides is 2. The molecule has 0 unspecified atom stereocenters. The third-order valence-corrected chi connectivity index (χ3v) is 5.06. The van der Waals surface area contributed by atoms with Crippen LogP contribution in [0.3, 0.4) is 0 Å². The molecule has 4 aromatic rings. The van der Waals surface area contributed by atoms with E-state index in [0.717, 1.165) is 34.1 Å². The molecular formula is C22H17N5O2. The number of nitrogens with zero attached hydrogens (tertiary/aromatic N) is 2. The molecule has 7 heteroatoms. The molecule has 4 heterocycles. The van der Waals surface area contributed by atoms with Gasteiger partial charge in [-0.05, 0) is 47.9 Å². The summed E-state index contributed by atoms with van der Waals surface area (Å²) < 4.78 is 0. The van der Waals surface area contributed by atoms with Gasteiger partial charge >= 0.3 is 0 Å². The number of aromatic nitrogens is 3. The summed E-state index contributed by atoms with van der Waals surface area (Å²) in [5.74, 6) is 0.210. The second kappa shape index (κ2) is 6.87. The highest BCUT2D eigenvalue weighted by atomic mass is 16.2. The average molecular weight is 383 g/mol. The quantitative estimate of drug-likeness (QED) is 0.506. The van der Waals surface area contributed by atoms with Crippen LogP contribution in [0, 0.1) is 0 Å². The highest BCUT2D eigenvalue weighted by molar-refractivity contribution is 6.04. The third-order valence-electron chi connectivity index (χ3n) is 5.06. The number of aromatic amines is 1. The van der Waals surface area contributed by atoms with Gasteiger partial charge < -0.3 is 15.6 Å². The van der Waals surface area contributed by atoms with Crippen LogP contribution in [0.15, 0.2) is 61.1 Å². The van der Waals surface area contributed by atoms with E-state index in [1.807, 2.05) is 24.4 Å². The molecule has 0 atom stereocenters. The molecule has 0 aliphatic carbocycles. The molecule has 0 saturated heterocycles. The molecule has 29 heavy (non-hydrogen) atoms. The molecule has 142 valence electrons. The lowest BCUT2D eigenvalue weighted by Gasteiger charge is -2.17. The zero-order valence-corrected chi connectivity index (χ0v) is 15.4. The Balaban J connectivity index is 1.45. The largest absolute Gasteiger partial charge is 0.352 e. The third kappa shape index (κ3) is 3.12. The summed E-state index contributed by atoms with van der Waals surface area (Å²) in [6.45, 7) is 0.658. The highest BCUT2D eigenvalue weighted by Crippen LogP contribution is 2.31. The Bertz CT molecular complexity index is 1250. The van der Waals surface area contributed by atoms with E-state index in [1.165, 1.54) is 0 Å². The van der Waals surface area contributed by atoms with Gasteiger partial charge in [-0.2, -0.15) is 0 Å². The van der Waals surface area contributed by atoms with E-state index in [2.05, 4.69) is 31.7 Å². The molecule has 0 fully saturated rings. The summed E-state index contributed by atoms with van der Waals surface area (Å²) in [5.41, 5.74) is 5.03. The molecular weight excluding hydrogens is 366 g/mol.